The maximum absolute atomic E-state index is 13.0. The summed E-state index contributed by atoms with van der Waals surface area (Å²) >= 11 is 0. The molecule has 2 aromatic carbocycles. The number of aliphatic hydroxyl groups excluding tert-OH is 1. The van der Waals surface area contributed by atoms with E-state index in [0.717, 1.165) is 90.4 Å². The number of unbranched alkanes of at least 4 members (excludes halogenated alkanes) is 5. The van der Waals surface area contributed by atoms with Gasteiger partial charge in [0.1, 0.15) is 5.78 Å². The molecule has 1 aliphatic heterocycles. The van der Waals surface area contributed by atoms with E-state index in [1.165, 1.54) is 11.1 Å². The van der Waals surface area contributed by atoms with Crippen LogP contribution in [0.4, 0.5) is 0 Å². The second kappa shape index (κ2) is 17.4. The molecule has 5 heteroatoms. The van der Waals surface area contributed by atoms with Crippen LogP contribution in [0.25, 0.3) is 0 Å². The SMILES string of the molecule is CCCCC[C@H](O)C=C[C@H]1CCC(=O)[C@@H]1CCCCCCC(=O)N1CCN(C(c2ccccc2)c2ccccc2)CC1. The number of rotatable bonds is 16. The molecule has 0 unspecified atom stereocenters. The second-order valence-electron chi connectivity index (χ2n) is 12.3. The first-order valence-electron chi connectivity index (χ1n) is 16.6. The van der Waals surface area contributed by atoms with E-state index in [4.69, 9.17) is 0 Å². The Balaban J connectivity index is 1.14. The Hall–Kier alpha value is -2.76. The Morgan fingerprint density at radius 3 is 2.17 bits per heavy atom. The monoisotopic (exact) mass is 572 g/mol. The van der Waals surface area contributed by atoms with Gasteiger partial charge < -0.3 is 10.0 Å². The molecule has 228 valence electrons. The van der Waals surface area contributed by atoms with Gasteiger partial charge >= 0.3 is 0 Å². The second-order valence-corrected chi connectivity index (χ2v) is 12.3. The van der Waals surface area contributed by atoms with Crippen molar-refractivity contribution >= 4 is 11.7 Å². The fourth-order valence-corrected chi connectivity index (χ4v) is 6.78. The molecule has 1 aliphatic carbocycles. The molecule has 42 heavy (non-hydrogen) atoms. The van der Waals surface area contributed by atoms with Gasteiger partial charge in [-0.05, 0) is 42.7 Å². The van der Waals surface area contributed by atoms with Crippen LogP contribution in [0.2, 0.25) is 0 Å². The summed E-state index contributed by atoms with van der Waals surface area (Å²) in [5.41, 5.74) is 2.59. The van der Waals surface area contributed by atoms with Gasteiger partial charge in [-0.25, -0.2) is 0 Å². The molecular formula is C37H52N2O3. The molecule has 4 rings (SSSR count). The van der Waals surface area contributed by atoms with E-state index in [-0.39, 0.29) is 29.9 Å². The van der Waals surface area contributed by atoms with Crippen molar-refractivity contribution in [3.05, 3.63) is 83.9 Å². The summed E-state index contributed by atoms with van der Waals surface area (Å²) in [5, 5.41) is 10.2. The van der Waals surface area contributed by atoms with Crippen molar-refractivity contribution in [1.82, 2.24) is 9.80 Å². The molecule has 2 fully saturated rings. The summed E-state index contributed by atoms with van der Waals surface area (Å²) in [6.45, 7) is 5.48. The van der Waals surface area contributed by atoms with Crippen LogP contribution in [-0.4, -0.2) is 58.9 Å². The Labute approximate surface area is 254 Å². The molecule has 2 aromatic rings. The molecule has 3 atom stereocenters. The lowest BCUT2D eigenvalue weighted by Gasteiger charge is -2.40. The van der Waals surface area contributed by atoms with Crippen LogP contribution in [-0.2, 0) is 9.59 Å². The van der Waals surface area contributed by atoms with Crippen molar-refractivity contribution in [1.29, 1.82) is 0 Å². The Bertz CT molecular complexity index is 1060. The number of carbonyl (C=O) groups is 2. The number of nitrogens with zero attached hydrogens (tertiary/aromatic N) is 2. The molecule has 1 heterocycles. The number of piperazine rings is 1. The quantitative estimate of drug-likeness (QED) is 0.169. The van der Waals surface area contributed by atoms with Crippen molar-refractivity contribution in [3.63, 3.8) is 0 Å². The highest BCUT2D eigenvalue weighted by molar-refractivity contribution is 5.83. The van der Waals surface area contributed by atoms with Crippen LogP contribution in [0.3, 0.4) is 0 Å². The molecule has 1 amide bonds. The summed E-state index contributed by atoms with van der Waals surface area (Å²) in [6.07, 6.45) is 15.0. The highest BCUT2D eigenvalue weighted by Crippen LogP contribution is 2.34. The maximum Gasteiger partial charge on any atom is 0.222 e. The van der Waals surface area contributed by atoms with Gasteiger partial charge in [-0.3, -0.25) is 14.5 Å². The minimum absolute atomic E-state index is 0.109. The topological polar surface area (TPSA) is 60.9 Å². The van der Waals surface area contributed by atoms with E-state index in [1.807, 2.05) is 11.0 Å². The number of amides is 1. The first-order valence-corrected chi connectivity index (χ1v) is 16.6. The molecule has 5 nitrogen and oxygen atoms in total. The van der Waals surface area contributed by atoms with Crippen molar-refractivity contribution in [2.24, 2.45) is 11.8 Å². The van der Waals surface area contributed by atoms with Crippen molar-refractivity contribution in [2.75, 3.05) is 26.2 Å². The average molecular weight is 573 g/mol. The molecule has 0 spiro atoms. The summed E-state index contributed by atoms with van der Waals surface area (Å²) in [4.78, 5) is 30.0. The summed E-state index contributed by atoms with van der Waals surface area (Å²) in [7, 11) is 0. The lowest BCUT2D eigenvalue weighted by molar-refractivity contribution is -0.133. The predicted molar refractivity (Wildman–Crippen MR) is 171 cm³/mol. The number of allylic oxidation sites excluding steroid dienone is 1. The molecular weight excluding hydrogens is 520 g/mol. The predicted octanol–water partition coefficient (Wildman–Crippen LogP) is 7.35. The lowest BCUT2D eigenvalue weighted by atomic mass is 9.89. The third kappa shape index (κ3) is 9.64. The number of hydrogen-bond donors (Lipinski definition) is 1. The summed E-state index contributed by atoms with van der Waals surface area (Å²) < 4.78 is 0. The van der Waals surface area contributed by atoms with Crippen LogP contribution < -0.4 is 0 Å². The highest BCUT2D eigenvalue weighted by atomic mass is 16.3. The normalized spacial score (nSPS) is 20.5. The van der Waals surface area contributed by atoms with Crippen molar-refractivity contribution in [3.8, 4) is 0 Å². The van der Waals surface area contributed by atoms with E-state index in [2.05, 4.69) is 78.6 Å². The maximum atomic E-state index is 13.0. The molecule has 1 saturated heterocycles. The number of carbonyl (C=O) groups excluding carboxylic acids is 2. The van der Waals surface area contributed by atoms with E-state index in [9.17, 15) is 14.7 Å². The van der Waals surface area contributed by atoms with Gasteiger partial charge in [-0.2, -0.15) is 0 Å². The van der Waals surface area contributed by atoms with Crippen LogP contribution in [0.1, 0.15) is 101 Å². The fraction of sp³-hybridized carbons (Fsp3) is 0.568. The minimum Gasteiger partial charge on any atom is -0.389 e. The van der Waals surface area contributed by atoms with Crippen LogP contribution in [0.15, 0.2) is 72.8 Å². The first-order chi connectivity index (χ1) is 20.6. The van der Waals surface area contributed by atoms with Gasteiger partial charge in [0.2, 0.25) is 5.91 Å². The molecule has 0 radical (unpaired) electrons. The molecule has 2 aliphatic rings. The lowest BCUT2D eigenvalue weighted by Crippen LogP contribution is -2.49. The smallest absolute Gasteiger partial charge is 0.222 e. The highest BCUT2D eigenvalue weighted by Gasteiger charge is 2.32. The van der Waals surface area contributed by atoms with Gasteiger partial charge in [0.25, 0.3) is 0 Å². The van der Waals surface area contributed by atoms with Crippen LogP contribution in [0, 0.1) is 11.8 Å². The van der Waals surface area contributed by atoms with Gasteiger partial charge in [-0.15, -0.1) is 0 Å². The van der Waals surface area contributed by atoms with E-state index >= 15 is 0 Å². The van der Waals surface area contributed by atoms with Gasteiger partial charge in [0, 0.05) is 44.9 Å². The third-order valence-electron chi connectivity index (χ3n) is 9.26. The third-order valence-corrected chi connectivity index (χ3v) is 9.26. The summed E-state index contributed by atoms with van der Waals surface area (Å²) in [6, 6.07) is 21.6. The zero-order valence-electron chi connectivity index (χ0n) is 25.7. The zero-order chi connectivity index (χ0) is 29.6. The van der Waals surface area contributed by atoms with Crippen molar-refractivity contribution in [2.45, 2.75) is 96.1 Å². The molecule has 0 aromatic heterocycles. The molecule has 1 N–H and O–H groups in total. The van der Waals surface area contributed by atoms with E-state index in [1.54, 1.807) is 0 Å². The Morgan fingerprint density at radius 1 is 0.881 bits per heavy atom. The number of hydrogen-bond acceptors (Lipinski definition) is 4. The largest absolute Gasteiger partial charge is 0.389 e. The van der Waals surface area contributed by atoms with Gasteiger partial charge in [0.05, 0.1) is 12.1 Å². The number of benzene rings is 2. The molecule has 1 saturated carbocycles. The zero-order valence-corrected chi connectivity index (χ0v) is 25.7. The van der Waals surface area contributed by atoms with Crippen LogP contribution in [0.5, 0.6) is 0 Å². The first kappa shape index (κ1) is 32.2. The Morgan fingerprint density at radius 2 is 1.52 bits per heavy atom. The van der Waals surface area contributed by atoms with Crippen LogP contribution >= 0.6 is 0 Å². The molecule has 0 bridgehead atoms. The van der Waals surface area contributed by atoms with Gasteiger partial charge in [0.15, 0.2) is 0 Å². The average Bonchev–Trinajstić information content (AvgIpc) is 3.38. The minimum atomic E-state index is -0.387. The van der Waals surface area contributed by atoms with Crippen molar-refractivity contribution < 1.29 is 14.7 Å². The number of ketones is 1. The number of aliphatic hydroxyl groups is 1. The Kier molecular flexibility index (Phi) is 13.3. The van der Waals surface area contributed by atoms with E-state index < -0.39 is 0 Å². The standard InChI is InChI=1S/C37H52N2O3/c1-2-3-8-19-33(40)24-22-30-23-25-35(41)34(30)20-13-4-5-14-21-36(42)38-26-28-39(29-27-38)37(31-15-9-6-10-16-31)32-17-11-7-12-18-32/h6-7,9-12,15-18,22,24,30,33-34,37,40H,2-5,8,13-14,19-21,23,25-29H2,1H3/t30-,33-,34+/m0/s1. The van der Waals surface area contributed by atoms with E-state index in [0.29, 0.717) is 18.6 Å². The fourth-order valence-electron chi connectivity index (χ4n) is 6.78. The van der Waals surface area contributed by atoms with Gasteiger partial charge in [-0.1, -0.05) is 118 Å². The number of Topliss-reactive ketones (excluding diaryl/α,β-unsaturated/α-hetero) is 1. The summed E-state index contributed by atoms with van der Waals surface area (Å²) in [5.74, 6) is 1.06.